The first-order valence-corrected chi connectivity index (χ1v) is 12.0. The third-order valence-corrected chi connectivity index (χ3v) is 5.97. The lowest BCUT2D eigenvalue weighted by Crippen LogP contribution is -2.42. The fourth-order valence-electron chi connectivity index (χ4n) is 3.58. The van der Waals surface area contributed by atoms with Crippen molar-refractivity contribution in [3.63, 3.8) is 0 Å². The SMILES string of the molecule is COC(=O)[C@H](CCSC)NC(=O)c1ccc(NC(=O)C2CCC(=O)N2)cc1-c1ccccc1. The molecule has 3 rings (SSSR count). The molecule has 174 valence electrons. The Morgan fingerprint density at radius 3 is 2.58 bits per heavy atom. The molecular formula is C24H27N3O5S. The summed E-state index contributed by atoms with van der Waals surface area (Å²) in [6, 6.07) is 12.9. The van der Waals surface area contributed by atoms with E-state index in [0.29, 0.717) is 41.8 Å². The van der Waals surface area contributed by atoms with Crippen LogP contribution in [0.2, 0.25) is 0 Å². The number of rotatable bonds is 9. The molecule has 1 aliphatic heterocycles. The van der Waals surface area contributed by atoms with Crippen LogP contribution in [0.15, 0.2) is 48.5 Å². The summed E-state index contributed by atoms with van der Waals surface area (Å²) in [4.78, 5) is 49.2. The Morgan fingerprint density at radius 1 is 1.18 bits per heavy atom. The second-order valence-electron chi connectivity index (χ2n) is 7.61. The van der Waals surface area contributed by atoms with E-state index < -0.39 is 24.0 Å². The van der Waals surface area contributed by atoms with Crippen LogP contribution in [0, 0.1) is 0 Å². The molecule has 0 radical (unpaired) electrons. The average molecular weight is 470 g/mol. The molecule has 0 bridgehead atoms. The van der Waals surface area contributed by atoms with Gasteiger partial charge < -0.3 is 20.7 Å². The van der Waals surface area contributed by atoms with Gasteiger partial charge in [-0.1, -0.05) is 30.3 Å². The Kier molecular flexibility index (Phi) is 8.48. The lowest BCUT2D eigenvalue weighted by Gasteiger charge is -2.18. The van der Waals surface area contributed by atoms with E-state index in [1.807, 2.05) is 36.6 Å². The highest BCUT2D eigenvalue weighted by molar-refractivity contribution is 7.98. The highest BCUT2D eigenvalue weighted by atomic mass is 32.2. The Bertz CT molecular complexity index is 1030. The number of hydrogen-bond donors (Lipinski definition) is 3. The van der Waals surface area contributed by atoms with Gasteiger partial charge in [0.25, 0.3) is 5.91 Å². The number of methoxy groups -OCH3 is 1. The molecule has 2 aromatic carbocycles. The number of esters is 1. The summed E-state index contributed by atoms with van der Waals surface area (Å²) < 4.78 is 4.84. The number of amides is 3. The Morgan fingerprint density at radius 2 is 1.94 bits per heavy atom. The molecular weight excluding hydrogens is 442 g/mol. The van der Waals surface area contributed by atoms with Crippen LogP contribution in [0.25, 0.3) is 11.1 Å². The summed E-state index contributed by atoms with van der Waals surface area (Å²) in [7, 11) is 1.29. The van der Waals surface area contributed by atoms with Crippen LogP contribution in [0.4, 0.5) is 5.69 Å². The summed E-state index contributed by atoms with van der Waals surface area (Å²) in [5, 5.41) is 8.24. The van der Waals surface area contributed by atoms with E-state index in [2.05, 4.69) is 16.0 Å². The van der Waals surface area contributed by atoms with Gasteiger partial charge in [0.1, 0.15) is 12.1 Å². The van der Waals surface area contributed by atoms with E-state index in [4.69, 9.17) is 4.74 Å². The van der Waals surface area contributed by atoms with Gasteiger partial charge in [-0.2, -0.15) is 11.8 Å². The topological polar surface area (TPSA) is 114 Å². The lowest BCUT2D eigenvalue weighted by atomic mass is 9.98. The van der Waals surface area contributed by atoms with E-state index in [9.17, 15) is 19.2 Å². The van der Waals surface area contributed by atoms with E-state index >= 15 is 0 Å². The third-order valence-electron chi connectivity index (χ3n) is 5.33. The maximum Gasteiger partial charge on any atom is 0.328 e. The highest BCUT2D eigenvalue weighted by Crippen LogP contribution is 2.28. The third kappa shape index (κ3) is 6.35. The minimum absolute atomic E-state index is 0.145. The monoisotopic (exact) mass is 469 g/mol. The molecule has 1 aliphatic rings. The first-order valence-electron chi connectivity index (χ1n) is 10.6. The van der Waals surface area contributed by atoms with Crippen LogP contribution in [-0.4, -0.2) is 54.9 Å². The van der Waals surface area contributed by atoms with Gasteiger partial charge in [-0.05, 0) is 54.2 Å². The second kappa shape index (κ2) is 11.5. The second-order valence-corrected chi connectivity index (χ2v) is 8.59. The normalized spacial score (nSPS) is 15.9. The molecule has 2 atom stereocenters. The van der Waals surface area contributed by atoms with Gasteiger partial charge >= 0.3 is 5.97 Å². The molecule has 0 aromatic heterocycles. The van der Waals surface area contributed by atoms with Crippen molar-refractivity contribution in [1.82, 2.24) is 10.6 Å². The van der Waals surface area contributed by atoms with Gasteiger partial charge in [0.2, 0.25) is 11.8 Å². The van der Waals surface area contributed by atoms with E-state index in [0.717, 1.165) is 5.56 Å². The average Bonchev–Trinajstić information content (AvgIpc) is 3.28. The van der Waals surface area contributed by atoms with Crippen LogP contribution in [-0.2, 0) is 19.1 Å². The van der Waals surface area contributed by atoms with Crippen molar-refractivity contribution in [2.45, 2.75) is 31.3 Å². The molecule has 1 unspecified atom stereocenters. The van der Waals surface area contributed by atoms with Gasteiger partial charge in [-0.15, -0.1) is 0 Å². The summed E-state index contributed by atoms with van der Waals surface area (Å²) in [6.07, 6.45) is 3.14. The molecule has 1 fully saturated rings. The number of carbonyl (C=O) groups is 4. The Labute approximate surface area is 196 Å². The van der Waals surface area contributed by atoms with Crippen molar-refractivity contribution in [2.75, 3.05) is 24.4 Å². The van der Waals surface area contributed by atoms with Crippen molar-refractivity contribution in [2.24, 2.45) is 0 Å². The summed E-state index contributed by atoms with van der Waals surface area (Å²) >= 11 is 1.57. The quantitative estimate of drug-likeness (QED) is 0.487. The summed E-state index contributed by atoms with van der Waals surface area (Å²) in [6.45, 7) is 0. The molecule has 33 heavy (non-hydrogen) atoms. The largest absolute Gasteiger partial charge is 0.467 e. The van der Waals surface area contributed by atoms with Crippen LogP contribution in [0.3, 0.4) is 0 Å². The minimum Gasteiger partial charge on any atom is -0.467 e. The molecule has 0 aliphatic carbocycles. The number of carbonyl (C=O) groups excluding carboxylic acids is 4. The zero-order valence-corrected chi connectivity index (χ0v) is 19.4. The van der Waals surface area contributed by atoms with Gasteiger partial charge in [0, 0.05) is 17.7 Å². The van der Waals surface area contributed by atoms with Crippen molar-refractivity contribution >= 4 is 41.1 Å². The predicted molar refractivity (Wildman–Crippen MR) is 128 cm³/mol. The molecule has 0 saturated carbocycles. The Hall–Kier alpha value is -3.33. The van der Waals surface area contributed by atoms with E-state index in [1.165, 1.54) is 7.11 Å². The zero-order valence-electron chi connectivity index (χ0n) is 18.6. The van der Waals surface area contributed by atoms with Gasteiger partial charge in [0.15, 0.2) is 0 Å². The van der Waals surface area contributed by atoms with Crippen LogP contribution >= 0.6 is 11.8 Å². The molecule has 3 amide bonds. The summed E-state index contributed by atoms with van der Waals surface area (Å²) in [5.41, 5.74) is 2.26. The predicted octanol–water partition coefficient (Wildman–Crippen LogP) is 2.60. The molecule has 0 spiro atoms. The molecule has 1 saturated heterocycles. The first kappa shape index (κ1) is 24.3. The number of hydrogen-bond acceptors (Lipinski definition) is 6. The standard InChI is InChI=1S/C24H27N3O5S/c1-32-24(31)20(12-13-33-2)27-22(29)17-9-8-16(14-18(17)15-6-4-3-5-7-15)25-23(30)19-10-11-21(28)26-19/h3-9,14,19-20H,10-13H2,1-2H3,(H,25,30)(H,26,28)(H,27,29)/t19?,20-/m0/s1. The van der Waals surface area contributed by atoms with Crippen molar-refractivity contribution in [1.29, 1.82) is 0 Å². The Balaban J connectivity index is 1.87. The highest BCUT2D eigenvalue weighted by Gasteiger charge is 2.28. The van der Waals surface area contributed by atoms with Gasteiger partial charge in [-0.3, -0.25) is 14.4 Å². The first-order chi connectivity index (χ1) is 15.9. The summed E-state index contributed by atoms with van der Waals surface area (Å²) in [5.74, 6) is -0.671. The molecule has 8 nitrogen and oxygen atoms in total. The fraction of sp³-hybridized carbons (Fsp3) is 0.333. The zero-order chi connectivity index (χ0) is 23.8. The molecule has 1 heterocycles. The van der Waals surface area contributed by atoms with Crippen molar-refractivity contribution in [3.8, 4) is 11.1 Å². The van der Waals surface area contributed by atoms with Crippen LogP contribution < -0.4 is 16.0 Å². The number of nitrogens with one attached hydrogen (secondary N) is 3. The number of ether oxygens (including phenoxy) is 1. The fourth-order valence-corrected chi connectivity index (χ4v) is 4.05. The van der Waals surface area contributed by atoms with Crippen LogP contribution in [0.1, 0.15) is 29.6 Å². The number of anilines is 1. The lowest BCUT2D eigenvalue weighted by molar-refractivity contribution is -0.142. The van der Waals surface area contributed by atoms with Crippen molar-refractivity contribution < 1.29 is 23.9 Å². The van der Waals surface area contributed by atoms with Gasteiger partial charge in [0.05, 0.1) is 7.11 Å². The molecule has 2 aromatic rings. The smallest absolute Gasteiger partial charge is 0.328 e. The van der Waals surface area contributed by atoms with Crippen molar-refractivity contribution in [3.05, 3.63) is 54.1 Å². The van der Waals surface area contributed by atoms with Crippen LogP contribution in [0.5, 0.6) is 0 Å². The van der Waals surface area contributed by atoms with E-state index in [1.54, 1.807) is 30.0 Å². The molecule has 3 N–H and O–H groups in total. The van der Waals surface area contributed by atoms with E-state index in [-0.39, 0.29) is 11.8 Å². The van der Waals surface area contributed by atoms with Gasteiger partial charge in [-0.25, -0.2) is 4.79 Å². The number of thioether (sulfide) groups is 1. The number of benzene rings is 2. The maximum absolute atomic E-state index is 13.2. The molecule has 9 heteroatoms. The minimum atomic E-state index is -0.760. The maximum atomic E-state index is 13.2.